The molecule has 0 radical (unpaired) electrons. The van der Waals surface area contributed by atoms with Crippen LogP contribution in [-0.4, -0.2) is 5.91 Å². The number of para-hydroxylation sites is 1. The zero-order valence-corrected chi connectivity index (χ0v) is 14.7. The number of hydrogen-bond donors (Lipinski definition) is 1. The third-order valence-electron chi connectivity index (χ3n) is 3.78. The van der Waals surface area contributed by atoms with Crippen molar-refractivity contribution < 1.29 is 13.9 Å². The number of amides is 1. The van der Waals surface area contributed by atoms with Crippen LogP contribution in [-0.2, 0) is 13.2 Å². The van der Waals surface area contributed by atoms with Crippen molar-refractivity contribution in [1.82, 2.24) is 5.32 Å². The molecule has 26 heavy (non-hydrogen) atoms. The first-order valence-electron chi connectivity index (χ1n) is 8.11. The van der Waals surface area contributed by atoms with E-state index < -0.39 is 11.7 Å². The average Bonchev–Trinajstić information content (AvgIpc) is 2.66. The molecule has 3 rings (SSSR count). The molecule has 1 amide bonds. The second-order valence-electron chi connectivity index (χ2n) is 5.70. The molecule has 3 aromatic rings. The van der Waals surface area contributed by atoms with Gasteiger partial charge in [-0.2, -0.15) is 0 Å². The Balaban J connectivity index is 1.61. The molecule has 0 aromatic heterocycles. The first kappa shape index (κ1) is 18.0. The normalized spacial score (nSPS) is 10.4. The Bertz CT molecular complexity index is 879. The quantitative estimate of drug-likeness (QED) is 0.664. The van der Waals surface area contributed by atoms with Crippen molar-refractivity contribution in [2.24, 2.45) is 0 Å². The van der Waals surface area contributed by atoms with Crippen LogP contribution in [0.3, 0.4) is 0 Å². The molecule has 3 aromatic carbocycles. The monoisotopic (exact) mass is 369 g/mol. The molecule has 3 nitrogen and oxygen atoms in total. The summed E-state index contributed by atoms with van der Waals surface area (Å²) >= 11 is 5.91. The molecular formula is C21H17ClFNO2. The van der Waals surface area contributed by atoms with Gasteiger partial charge in [0.1, 0.15) is 18.2 Å². The molecule has 0 saturated carbocycles. The summed E-state index contributed by atoms with van der Waals surface area (Å²) in [4.78, 5) is 12.2. The number of halogens is 2. The lowest BCUT2D eigenvalue weighted by molar-refractivity contribution is 0.0947. The van der Waals surface area contributed by atoms with Crippen LogP contribution in [0, 0.1) is 5.82 Å². The predicted octanol–water partition coefficient (Wildman–Crippen LogP) is 4.99. The third kappa shape index (κ3) is 4.61. The molecule has 1 N–H and O–H groups in total. The van der Waals surface area contributed by atoms with Gasteiger partial charge in [0.2, 0.25) is 0 Å². The van der Waals surface area contributed by atoms with Crippen molar-refractivity contribution in [1.29, 1.82) is 0 Å². The molecule has 0 aliphatic rings. The maximum absolute atomic E-state index is 13.8. The molecule has 132 valence electrons. The molecular weight excluding hydrogens is 353 g/mol. The van der Waals surface area contributed by atoms with E-state index in [1.165, 1.54) is 18.2 Å². The fraction of sp³-hybridized carbons (Fsp3) is 0.0952. The van der Waals surface area contributed by atoms with E-state index in [2.05, 4.69) is 5.32 Å². The largest absolute Gasteiger partial charge is 0.489 e. The summed E-state index contributed by atoms with van der Waals surface area (Å²) in [5.74, 6) is -0.389. The van der Waals surface area contributed by atoms with Crippen molar-refractivity contribution in [3.63, 3.8) is 0 Å². The van der Waals surface area contributed by atoms with Crippen molar-refractivity contribution in [3.8, 4) is 5.75 Å². The molecule has 0 heterocycles. The van der Waals surface area contributed by atoms with Crippen LogP contribution >= 0.6 is 11.6 Å². The Labute approximate surface area is 156 Å². The zero-order chi connectivity index (χ0) is 18.4. The number of carbonyl (C=O) groups excluding carboxylic acids is 1. The molecule has 0 spiro atoms. The lowest BCUT2D eigenvalue weighted by Gasteiger charge is -2.10. The minimum absolute atomic E-state index is 0.0903. The summed E-state index contributed by atoms with van der Waals surface area (Å²) in [7, 11) is 0. The molecule has 0 bridgehead atoms. The molecule has 0 unspecified atom stereocenters. The zero-order valence-electron chi connectivity index (χ0n) is 13.9. The highest BCUT2D eigenvalue weighted by molar-refractivity contribution is 6.33. The van der Waals surface area contributed by atoms with Gasteiger partial charge < -0.3 is 10.1 Å². The molecule has 0 atom stereocenters. The lowest BCUT2D eigenvalue weighted by atomic mass is 10.1. The second kappa shape index (κ2) is 8.50. The Morgan fingerprint density at radius 2 is 1.69 bits per heavy atom. The summed E-state index contributed by atoms with van der Waals surface area (Å²) < 4.78 is 19.5. The predicted molar refractivity (Wildman–Crippen MR) is 99.8 cm³/mol. The van der Waals surface area contributed by atoms with Gasteiger partial charge >= 0.3 is 0 Å². The van der Waals surface area contributed by atoms with Crippen LogP contribution < -0.4 is 10.1 Å². The number of rotatable bonds is 6. The number of hydrogen-bond acceptors (Lipinski definition) is 2. The van der Waals surface area contributed by atoms with Gasteiger partial charge in [-0.15, -0.1) is 0 Å². The summed E-state index contributed by atoms with van der Waals surface area (Å²) in [6.07, 6.45) is 0. The fourth-order valence-electron chi connectivity index (χ4n) is 2.50. The van der Waals surface area contributed by atoms with Gasteiger partial charge in [-0.25, -0.2) is 4.39 Å². The van der Waals surface area contributed by atoms with E-state index in [-0.39, 0.29) is 17.1 Å². The summed E-state index contributed by atoms with van der Waals surface area (Å²) in [6.45, 7) is 0.688. The van der Waals surface area contributed by atoms with Gasteiger partial charge in [0.05, 0.1) is 10.6 Å². The van der Waals surface area contributed by atoms with Crippen molar-refractivity contribution in [3.05, 3.63) is 100 Å². The number of carbonyl (C=O) groups is 1. The van der Waals surface area contributed by atoms with Crippen LogP contribution in [0.2, 0.25) is 5.02 Å². The number of nitrogens with one attached hydrogen (secondary N) is 1. The van der Waals surface area contributed by atoms with E-state index in [1.54, 1.807) is 0 Å². The van der Waals surface area contributed by atoms with E-state index in [4.69, 9.17) is 16.3 Å². The van der Waals surface area contributed by atoms with Crippen LogP contribution in [0.1, 0.15) is 21.5 Å². The highest BCUT2D eigenvalue weighted by atomic mass is 35.5. The molecule has 0 aliphatic carbocycles. The standard InChI is InChI=1S/C21H17ClFNO2/c22-18-10-5-11-19(23)20(18)21(25)24-13-15-6-4-7-16(12-15)14-26-17-8-2-1-3-9-17/h1-12H,13-14H2,(H,24,25). The van der Waals surface area contributed by atoms with Gasteiger partial charge in [0.25, 0.3) is 5.91 Å². The van der Waals surface area contributed by atoms with Gasteiger partial charge in [0.15, 0.2) is 0 Å². The van der Waals surface area contributed by atoms with Gasteiger partial charge in [0, 0.05) is 6.54 Å². The Morgan fingerprint density at radius 3 is 2.46 bits per heavy atom. The van der Waals surface area contributed by atoms with E-state index >= 15 is 0 Å². The Morgan fingerprint density at radius 1 is 0.962 bits per heavy atom. The summed E-state index contributed by atoms with van der Waals surface area (Å²) in [5, 5.41) is 2.78. The first-order chi connectivity index (χ1) is 12.6. The average molecular weight is 370 g/mol. The van der Waals surface area contributed by atoms with Crippen molar-refractivity contribution in [2.75, 3.05) is 0 Å². The van der Waals surface area contributed by atoms with Crippen LogP contribution in [0.15, 0.2) is 72.8 Å². The van der Waals surface area contributed by atoms with E-state index in [0.717, 1.165) is 16.9 Å². The van der Waals surface area contributed by atoms with Crippen molar-refractivity contribution in [2.45, 2.75) is 13.2 Å². The topological polar surface area (TPSA) is 38.3 Å². The maximum Gasteiger partial charge on any atom is 0.256 e. The first-order valence-corrected chi connectivity index (χ1v) is 8.49. The van der Waals surface area contributed by atoms with Gasteiger partial charge in [-0.3, -0.25) is 4.79 Å². The fourth-order valence-corrected chi connectivity index (χ4v) is 2.75. The highest BCUT2D eigenvalue weighted by Crippen LogP contribution is 2.19. The molecule has 0 aliphatic heterocycles. The Kier molecular flexibility index (Phi) is 5.87. The minimum Gasteiger partial charge on any atom is -0.489 e. The van der Waals surface area contributed by atoms with E-state index in [9.17, 15) is 9.18 Å². The summed E-state index contributed by atoms with van der Waals surface area (Å²) in [5.41, 5.74) is 1.72. The second-order valence-corrected chi connectivity index (χ2v) is 6.11. The third-order valence-corrected chi connectivity index (χ3v) is 4.10. The molecule has 0 saturated heterocycles. The van der Waals surface area contributed by atoms with Gasteiger partial charge in [-0.05, 0) is 35.4 Å². The number of ether oxygens (including phenoxy) is 1. The van der Waals surface area contributed by atoms with Crippen molar-refractivity contribution >= 4 is 17.5 Å². The van der Waals surface area contributed by atoms with Crippen LogP contribution in [0.25, 0.3) is 0 Å². The Hall–Kier alpha value is -2.85. The maximum atomic E-state index is 13.8. The SMILES string of the molecule is O=C(NCc1cccc(COc2ccccc2)c1)c1c(F)cccc1Cl. The van der Waals surface area contributed by atoms with Gasteiger partial charge in [-0.1, -0.05) is 60.1 Å². The smallest absolute Gasteiger partial charge is 0.256 e. The summed E-state index contributed by atoms with van der Waals surface area (Å²) in [6, 6.07) is 21.4. The van der Waals surface area contributed by atoms with Crippen LogP contribution in [0.5, 0.6) is 5.75 Å². The lowest BCUT2D eigenvalue weighted by Crippen LogP contribution is -2.24. The number of benzene rings is 3. The highest BCUT2D eigenvalue weighted by Gasteiger charge is 2.15. The van der Waals surface area contributed by atoms with Crippen LogP contribution in [0.4, 0.5) is 4.39 Å². The minimum atomic E-state index is -0.639. The van der Waals surface area contributed by atoms with E-state index in [0.29, 0.717) is 6.61 Å². The molecule has 0 fully saturated rings. The van der Waals surface area contributed by atoms with E-state index in [1.807, 2.05) is 54.6 Å². The molecule has 5 heteroatoms.